The van der Waals surface area contributed by atoms with Crippen molar-refractivity contribution >= 4 is 11.0 Å². The van der Waals surface area contributed by atoms with Crippen LogP contribution in [0.4, 0.5) is 0 Å². The zero-order valence-electron chi connectivity index (χ0n) is 9.55. The molecule has 0 saturated carbocycles. The molecule has 4 nitrogen and oxygen atoms in total. The number of aliphatic hydroxyl groups excluding tert-OH is 1. The van der Waals surface area contributed by atoms with E-state index >= 15 is 0 Å². The molecule has 4 heteroatoms. The van der Waals surface area contributed by atoms with Gasteiger partial charge in [-0.15, -0.1) is 0 Å². The lowest BCUT2D eigenvalue weighted by Crippen LogP contribution is -2.07. The monoisotopic (exact) mass is 234 g/mol. The minimum atomic E-state index is -0.381. The molecule has 17 heavy (non-hydrogen) atoms. The van der Waals surface area contributed by atoms with Crippen molar-refractivity contribution in [3.8, 4) is 5.75 Å². The van der Waals surface area contributed by atoms with E-state index in [4.69, 9.17) is 14.3 Å². The molecule has 0 fully saturated rings. The van der Waals surface area contributed by atoms with E-state index in [0.29, 0.717) is 24.4 Å². The summed E-state index contributed by atoms with van der Waals surface area (Å²) >= 11 is 0. The Morgan fingerprint density at radius 3 is 2.88 bits per heavy atom. The van der Waals surface area contributed by atoms with Crippen LogP contribution in [0.3, 0.4) is 0 Å². The summed E-state index contributed by atoms with van der Waals surface area (Å²) in [4.78, 5) is 11.1. The minimum absolute atomic E-state index is 0.376. The lowest BCUT2D eigenvalue weighted by molar-refractivity contribution is 0.155. The summed E-state index contributed by atoms with van der Waals surface area (Å²) in [6.07, 6.45) is 0.185. The molecule has 1 heterocycles. The maximum absolute atomic E-state index is 11.1. The van der Waals surface area contributed by atoms with Gasteiger partial charge >= 0.3 is 5.63 Å². The highest BCUT2D eigenvalue weighted by Gasteiger charge is 2.01. The molecule has 0 unspecified atom stereocenters. The van der Waals surface area contributed by atoms with Gasteiger partial charge in [-0.2, -0.15) is 0 Å². The van der Waals surface area contributed by atoms with Crippen molar-refractivity contribution in [2.75, 3.05) is 6.61 Å². The fraction of sp³-hybridized carbons (Fsp3) is 0.308. The van der Waals surface area contributed by atoms with E-state index in [9.17, 15) is 4.79 Å². The topological polar surface area (TPSA) is 59.7 Å². The fourth-order valence-corrected chi connectivity index (χ4v) is 1.48. The van der Waals surface area contributed by atoms with E-state index in [1.807, 2.05) is 12.1 Å². The SMILES string of the molecule is C[C@H](O)CCOc1ccc2ccc(=O)oc2c1. The Balaban J connectivity index is 2.16. The molecule has 1 aromatic carbocycles. The number of rotatable bonds is 4. The van der Waals surface area contributed by atoms with Crippen LogP contribution in [0.5, 0.6) is 5.75 Å². The van der Waals surface area contributed by atoms with Crippen LogP contribution in [0.2, 0.25) is 0 Å². The Labute approximate surface area is 98.4 Å². The Hall–Kier alpha value is -1.81. The van der Waals surface area contributed by atoms with Gasteiger partial charge in [-0.3, -0.25) is 0 Å². The maximum Gasteiger partial charge on any atom is 0.336 e. The number of aliphatic hydroxyl groups is 1. The Morgan fingerprint density at radius 2 is 2.12 bits per heavy atom. The van der Waals surface area contributed by atoms with E-state index in [-0.39, 0.29) is 11.7 Å². The Bertz CT molecular complexity index is 557. The second-order valence-electron chi connectivity index (χ2n) is 3.94. The lowest BCUT2D eigenvalue weighted by atomic mass is 10.2. The first-order valence-corrected chi connectivity index (χ1v) is 5.50. The highest BCUT2D eigenvalue weighted by atomic mass is 16.5. The normalized spacial score (nSPS) is 12.6. The molecule has 0 bridgehead atoms. The molecule has 90 valence electrons. The second-order valence-corrected chi connectivity index (χ2v) is 3.94. The number of ether oxygens (including phenoxy) is 1. The van der Waals surface area contributed by atoms with Crippen molar-refractivity contribution in [3.63, 3.8) is 0 Å². The van der Waals surface area contributed by atoms with Crippen molar-refractivity contribution < 1.29 is 14.3 Å². The Morgan fingerprint density at radius 1 is 1.35 bits per heavy atom. The summed E-state index contributed by atoms with van der Waals surface area (Å²) in [6.45, 7) is 2.14. The first-order valence-electron chi connectivity index (χ1n) is 5.50. The van der Waals surface area contributed by atoms with Gasteiger partial charge in [0.25, 0.3) is 0 Å². The lowest BCUT2D eigenvalue weighted by Gasteiger charge is -2.07. The first-order chi connectivity index (χ1) is 8.15. The van der Waals surface area contributed by atoms with Crippen molar-refractivity contribution in [2.45, 2.75) is 19.4 Å². The summed E-state index contributed by atoms with van der Waals surface area (Å²) < 4.78 is 10.5. The summed E-state index contributed by atoms with van der Waals surface area (Å²) in [6, 6.07) is 8.41. The van der Waals surface area contributed by atoms with E-state index in [0.717, 1.165) is 5.39 Å². The third-order valence-corrected chi connectivity index (χ3v) is 2.40. The van der Waals surface area contributed by atoms with Crippen LogP contribution in [0.1, 0.15) is 13.3 Å². The molecule has 1 N–H and O–H groups in total. The molecule has 1 aromatic heterocycles. The van der Waals surface area contributed by atoms with E-state index in [2.05, 4.69) is 0 Å². The van der Waals surface area contributed by atoms with Gasteiger partial charge in [-0.25, -0.2) is 4.79 Å². The fourth-order valence-electron chi connectivity index (χ4n) is 1.48. The average molecular weight is 234 g/mol. The Kier molecular flexibility index (Phi) is 3.44. The third-order valence-electron chi connectivity index (χ3n) is 2.40. The van der Waals surface area contributed by atoms with Crippen LogP contribution in [0.15, 0.2) is 39.5 Å². The van der Waals surface area contributed by atoms with Gasteiger partial charge < -0.3 is 14.3 Å². The van der Waals surface area contributed by atoms with Crippen LogP contribution < -0.4 is 10.4 Å². The van der Waals surface area contributed by atoms with E-state index in [1.165, 1.54) is 6.07 Å². The molecule has 0 amide bonds. The minimum Gasteiger partial charge on any atom is -0.493 e. The van der Waals surface area contributed by atoms with Crippen molar-refractivity contribution in [2.24, 2.45) is 0 Å². The van der Waals surface area contributed by atoms with Gasteiger partial charge in [0.1, 0.15) is 11.3 Å². The summed E-state index contributed by atoms with van der Waals surface area (Å²) in [5.41, 5.74) is 0.130. The van der Waals surface area contributed by atoms with Gasteiger partial charge in [0, 0.05) is 23.9 Å². The van der Waals surface area contributed by atoms with Crippen molar-refractivity contribution in [1.82, 2.24) is 0 Å². The molecule has 0 aliphatic heterocycles. The molecule has 1 atom stereocenters. The first kappa shape index (κ1) is 11.7. The van der Waals surface area contributed by atoms with Crippen molar-refractivity contribution in [1.29, 1.82) is 0 Å². The van der Waals surface area contributed by atoms with Gasteiger partial charge in [0.2, 0.25) is 0 Å². The standard InChI is InChI=1S/C13H14O4/c1-9(14)6-7-16-11-4-2-10-3-5-13(15)17-12(10)8-11/h2-5,8-9,14H,6-7H2,1H3/t9-/m0/s1. The molecular weight excluding hydrogens is 220 g/mol. The largest absolute Gasteiger partial charge is 0.493 e. The zero-order valence-corrected chi connectivity index (χ0v) is 9.55. The number of benzene rings is 1. The summed E-state index contributed by atoms with van der Waals surface area (Å²) in [5, 5.41) is 9.95. The van der Waals surface area contributed by atoms with Gasteiger partial charge in [0.15, 0.2) is 0 Å². The van der Waals surface area contributed by atoms with Gasteiger partial charge in [-0.1, -0.05) is 0 Å². The average Bonchev–Trinajstić information content (AvgIpc) is 2.28. The highest BCUT2D eigenvalue weighted by molar-refractivity contribution is 5.77. The molecule has 2 aromatic rings. The molecule has 0 spiro atoms. The maximum atomic E-state index is 11.1. The zero-order chi connectivity index (χ0) is 12.3. The van der Waals surface area contributed by atoms with E-state index < -0.39 is 0 Å². The number of hydrogen-bond donors (Lipinski definition) is 1. The molecule has 0 saturated heterocycles. The van der Waals surface area contributed by atoms with Crippen LogP contribution in [0.25, 0.3) is 11.0 Å². The summed E-state index contributed by atoms with van der Waals surface area (Å²) in [5.74, 6) is 0.632. The molecule has 0 aliphatic rings. The van der Waals surface area contributed by atoms with Crippen molar-refractivity contribution in [3.05, 3.63) is 40.8 Å². The molecule has 0 aliphatic carbocycles. The predicted molar refractivity (Wildman–Crippen MR) is 64.3 cm³/mol. The van der Waals surface area contributed by atoms with E-state index in [1.54, 1.807) is 19.1 Å². The summed E-state index contributed by atoms with van der Waals surface area (Å²) in [7, 11) is 0. The van der Waals surface area contributed by atoms with Gasteiger partial charge in [-0.05, 0) is 25.1 Å². The number of hydrogen-bond acceptors (Lipinski definition) is 4. The second kappa shape index (κ2) is 5.01. The van der Waals surface area contributed by atoms with Crippen LogP contribution in [-0.4, -0.2) is 17.8 Å². The predicted octanol–water partition coefficient (Wildman–Crippen LogP) is 1.94. The molecule has 0 radical (unpaired) electrons. The van der Waals surface area contributed by atoms with Crippen LogP contribution in [0, 0.1) is 0 Å². The number of fused-ring (bicyclic) bond motifs is 1. The third kappa shape index (κ3) is 3.07. The van der Waals surface area contributed by atoms with Crippen LogP contribution >= 0.6 is 0 Å². The molecular formula is C13H14O4. The quantitative estimate of drug-likeness (QED) is 0.821. The highest BCUT2D eigenvalue weighted by Crippen LogP contribution is 2.19. The van der Waals surface area contributed by atoms with Crippen LogP contribution in [-0.2, 0) is 0 Å². The van der Waals surface area contributed by atoms with Gasteiger partial charge in [0.05, 0.1) is 12.7 Å². The molecule has 2 rings (SSSR count). The smallest absolute Gasteiger partial charge is 0.336 e.